The van der Waals surface area contributed by atoms with Gasteiger partial charge >= 0.3 is 0 Å². The number of amides is 1. The summed E-state index contributed by atoms with van der Waals surface area (Å²) >= 11 is 5.95. The largest absolute Gasteiger partial charge is 0.489 e. The van der Waals surface area contributed by atoms with Crippen molar-refractivity contribution in [3.05, 3.63) is 64.7 Å². The van der Waals surface area contributed by atoms with Gasteiger partial charge in [-0.05, 0) is 48.7 Å². The molecule has 0 aliphatic heterocycles. The van der Waals surface area contributed by atoms with Crippen LogP contribution < -0.4 is 10.1 Å². The molecule has 2 aromatic rings. The van der Waals surface area contributed by atoms with Crippen molar-refractivity contribution in [1.29, 1.82) is 0 Å². The lowest BCUT2D eigenvalue weighted by molar-refractivity contribution is -0.120. The summed E-state index contributed by atoms with van der Waals surface area (Å²) < 4.78 is 5.76. The van der Waals surface area contributed by atoms with Crippen molar-refractivity contribution in [3.8, 4) is 5.75 Å². The van der Waals surface area contributed by atoms with Gasteiger partial charge < -0.3 is 15.2 Å². The van der Waals surface area contributed by atoms with Gasteiger partial charge in [0.25, 0.3) is 0 Å². The number of benzene rings is 2. The first-order chi connectivity index (χ1) is 11.5. The second kappa shape index (κ2) is 9.30. The van der Waals surface area contributed by atoms with Crippen molar-refractivity contribution in [3.63, 3.8) is 0 Å². The maximum Gasteiger partial charge on any atom is 0.224 e. The molecule has 128 valence electrons. The van der Waals surface area contributed by atoms with E-state index >= 15 is 0 Å². The molecule has 0 aromatic heterocycles. The van der Waals surface area contributed by atoms with Crippen LogP contribution >= 0.6 is 11.6 Å². The molecular formula is C19H22ClNO3. The summed E-state index contributed by atoms with van der Waals surface area (Å²) in [5.74, 6) is 0.645. The zero-order chi connectivity index (χ0) is 17.4. The van der Waals surface area contributed by atoms with E-state index in [0.29, 0.717) is 30.3 Å². The summed E-state index contributed by atoms with van der Waals surface area (Å²) in [6, 6.07) is 15.0. The van der Waals surface area contributed by atoms with Crippen molar-refractivity contribution < 1.29 is 14.6 Å². The van der Waals surface area contributed by atoms with Gasteiger partial charge in [-0.15, -0.1) is 0 Å². The molecular weight excluding hydrogens is 326 g/mol. The van der Waals surface area contributed by atoms with E-state index in [1.54, 1.807) is 6.92 Å². The molecule has 4 nitrogen and oxygen atoms in total. The minimum atomic E-state index is -0.409. The predicted molar refractivity (Wildman–Crippen MR) is 95.2 cm³/mol. The van der Waals surface area contributed by atoms with E-state index in [1.165, 1.54) is 0 Å². The lowest BCUT2D eigenvalue weighted by Gasteiger charge is -2.09. The number of hydrogen-bond donors (Lipinski definition) is 2. The molecule has 0 aliphatic rings. The fraction of sp³-hybridized carbons (Fsp3) is 0.316. The van der Waals surface area contributed by atoms with E-state index in [2.05, 4.69) is 5.32 Å². The molecule has 0 saturated heterocycles. The summed E-state index contributed by atoms with van der Waals surface area (Å²) in [4.78, 5) is 11.9. The van der Waals surface area contributed by atoms with Gasteiger partial charge in [-0.3, -0.25) is 4.79 Å². The summed E-state index contributed by atoms with van der Waals surface area (Å²) in [7, 11) is 0. The molecule has 0 spiro atoms. The molecule has 0 bridgehead atoms. The molecule has 1 atom stereocenters. The third kappa shape index (κ3) is 6.60. The highest BCUT2D eigenvalue weighted by Crippen LogP contribution is 2.17. The van der Waals surface area contributed by atoms with Gasteiger partial charge in [0.1, 0.15) is 12.4 Å². The number of rotatable bonds is 8. The van der Waals surface area contributed by atoms with Gasteiger partial charge in [0.15, 0.2) is 0 Å². The Labute approximate surface area is 147 Å². The Morgan fingerprint density at radius 3 is 2.71 bits per heavy atom. The van der Waals surface area contributed by atoms with E-state index in [4.69, 9.17) is 16.3 Å². The third-order valence-electron chi connectivity index (χ3n) is 3.44. The first kappa shape index (κ1) is 18.3. The van der Waals surface area contributed by atoms with Crippen LogP contribution in [0.25, 0.3) is 0 Å². The average molecular weight is 348 g/mol. The highest BCUT2D eigenvalue weighted by molar-refractivity contribution is 6.30. The van der Waals surface area contributed by atoms with Crippen molar-refractivity contribution in [1.82, 2.24) is 5.32 Å². The molecule has 0 heterocycles. The summed E-state index contributed by atoms with van der Waals surface area (Å²) in [5.41, 5.74) is 1.87. The molecule has 5 heteroatoms. The second-order valence-electron chi connectivity index (χ2n) is 5.73. The second-order valence-corrected chi connectivity index (χ2v) is 6.17. The minimum absolute atomic E-state index is 0.0670. The van der Waals surface area contributed by atoms with Crippen LogP contribution in [0.1, 0.15) is 24.5 Å². The van der Waals surface area contributed by atoms with Crippen LogP contribution in [0.15, 0.2) is 48.5 Å². The van der Waals surface area contributed by atoms with Crippen LogP contribution in [-0.2, 0) is 17.8 Å². The Morgan fingerprint density at radius 1 is 1.21 bits per heavy atom. The molecule has 2 N–H and O–H groups in total. The van der Waals surface area contributed by atoms with Gasteiger partial charge in [0.05, 0.1) is 12.5 Å². The fourth-order valence-corrected chi connectivity index (χ4v) is 2.42. The van der Waals surface area contributed by atoms with Crippen LogP contribution in [0.4, 0.5) is 0 Å². The van der Waals surface area contributed by atoms with Crippen molar-refractivity contribution in [2.45, 2.75) is 32.5 Å². The van der Waals surface area contributed by atoms with E-state index in [9.17, 15) is 9.90 Å². The van der Waals surface area contributed by atoms with Crippen molar-refractivity contribution in [2.24, 2.45) is 0 Å². The number of ether oxygens (including phenoxy) is 1. The average Bonchev–Trinajstić information content (AvgIpc) is 2.53. The van der Waals surface area contributed by atoms with E-state index in [1.807, 2.05) is 48.5 Å². The lowest BCUT2D eigenvalue weighted by Crippen LogP contribution is -2.27. The van der Waals surface area contributed by atoms with Crippen molar-refractivity contribution >= 4 is 17.5 Å². The number of aliphatic hydroxyl groups excluding tert-OH is 1. The number of aliphatic hydroxyl groups is 1. The first-order valence-corrected chi connectivity index (χ1v) is 8.31. The Hall–Kier alpha value is -2.04. The molecule has 0 aliphatic carbocycles. The van der Waals surface area contributed by atoms with Gasteiger partial charge in [-0.2, -0.15) is 0 Å². The van der Waals surface area contributed by atoms with Gasteiger partial charge in [-0.25, -0.2) is 0 Å². The quantitative estimate of drug-likeness (QED) is 0.770. The minimum Gasteiger partial charge on any atom is -0.489 e. The van der Waals surface area contributed by atoms with E-state index in [-0.39, 0.29) is 12.3 Å². The Balaban J connectivity index is 1.85. The Bertz CT molecular complexity index is 673. The Kier molecular flexibility index (Phi) is 7.09. The highest BCUT2D eigenvalue weighted by atomic mass is 35.5. The van der Waals surface area contributed by atoms with Gasteiger partial charge in [0, 0.05) is 11.6 Å². The number of carbonyl (C=O) groups excluding carboxylic acids is 1. The smallest absolute Gasteiger partial charge is 0.224 e. The number of hydrogen-bond acceptors (Lipinski definition) is 3. The topological polar surface area (TPSA) is 58.6 Å². The molecule has 2 aromatic carbocycles. The molecule has 1 unspecified atom stereocenters. The molecule has 0 radical (unpaired) electrons. The zero-order valence-electron chi connectivity index (χ0n) is 13.7. The summed E-state index contributed by atoms with van der Waals surface area (Å²) in [6.07, 6.45) is 0.427. The standard InChI is InChI=1S/C19H22ClNO3/c1-14(22)8-9-21-19(23)12-15-4-3-7-18(11-15)24-13-16-5-2-6-17(20)10-16/h2-7,10-11,14,22H,8-9,12-13H2,1H3,(H,21,23). The maximum atomic E-state index is 11.9. The summed E-state index contributed by atoms with van der Waals surface area (Å²) in [6.45, 7) is 2.60. The normalized spacial score (nSPS) is 11.8. The number of carbonyl (C=O) groups is 1. The van der Waals surface area contributed by atoms with Crippen LogP contribution in [0.3, 0.4) is 0 Å². The Morgan fingerprint density at radius 2 is 1.96 bits per heavy atom. The van der Waals surface area contributed by atoms with Crippen molar-refractivity contribution in [2.75, 3.05) is 6.54 Å². The number of halogens is 1. The van der Waals surface area contributed by atoms with Crippen LogP contribution in [-0.4, -0.2) is 23.7 Å². The lowest BCUT2D eigenvalue weighted by atomic mass is 10.1. The predicted octanol–water partition coefficient (Wildman–Crippen LogP) is 3.35. The molecule has 1 amide bonds. The molecule has 24 heavy (non-hydrogen) atoms. The maximum absolute atomic E-state index is 11.9. The molecule has 2 rings (SSSR count). The number of nitrogens with one attached hydrogen (secondary N) is 1. The highest BCUT2D eigenvalue weighted by Gasteiger charge is 2.05. The van der Waals surface area contributed by atoms with Crippen LogP contribution in [0.2, 0.25) is 5.02 Å². The SMILES string of the molecule is CC(O)CCNC(=O)Cc1cccc(OCc2cccc(Cl)c2)c1. The fourth-order valence-electron chi connectivity index (χ4n) is 2.21. The van der Waals surface area contributed by atoms with E-state index in [0.717, 1.165) is 11.1 Å². The molecule has 0 saturated carbocycles. The molecule has 0 fully saturated rings. The summed E-state index contributed by atoms with van der Waals surface area (Å²) in [5, 5.41) is 12.7. The van der Waals surface area contributed by atoms with Gasteiger partial charge in [0.2, 0.25) is 5.91 Å². The first-order valence-electron chi connectivity index (χ1n) is 7.94. The van der Waals surface area contributed by atoms with Crippen LogP contribution in [0, 0.1) is 0 Å². The van der Waals surface area contributed by atoms with Crippen LogP contribution in [0.5, 0.6) is 5.75 Å². The van der Waals surface area contributed by atoms with E-state index < -0.39 is 6.10 Å². The third-order valence-corrected chi connectivity index (χ3v) is 3.68. The monoisotopic (exact) mass is 347 g/mol. The van der Waals surface area contributed by atoms with Gasteiger partial charge in [-0.1, -0.05) is 35.9 Å². The zero-order valence-corrected chi connectivity index (χ0v) is 14.4.